The van der Waals surface area contributed by atoms with E-state index in [1.54, 1.807) is 18.9 Å². The van der Waals surface area contributed by atoms with Crippen molar-refractivity contribution in [2.24, 2.45) is 0 Å². The van der Waals surface area contributed by atoms with Crippen molar-refractivity contribution in [3.8, 4) is 0 Å². The Morgan fingerprint density at radius 2 is 2.06 bits per heavy atom. The molecule has 1 heterocycles. The maximum Gasteiger partial charge on any atom is 0.246 e. The number of amides is 2. The van der Waals surface area contributed by atoms with Crippen LogP contribution < -0.4 is 5.32 Å². The number of carbonyl (C=O) groups is 2. The lowest BCUT2D eigenvalue weighted by Gasteiger charge is -2.48. The van der Waals surface area contributed by atoms with Crippen molar-refractivity contribution in [2.75, 3.05) is 13.7 Å². The zero-order valence-corrected chi connectivity index (χ0v) is 11.4. The molecule has 0 aromatic heterocycles. The van der Waals surface area contributed by atoms with E-state index in [-0.39, 0.29) is 17.9 Å². The summed E-state index contributed by atoms with van der Waals surface area (Å²) >= 11 is 0. The Hall–Kier alpha value is -1.10. The number of nitrogens with zero attached hydrogens (tertiary/aromatic N) is 1. The molecule has 0 bridgehead atoms. The fraction of sp³-hybridized carbons (Fsp3) is 0.846. The van der Waals surface area contributed by atoms with Gasteiger partial charge >= 0.3 is 0 Å². The van der Waals surface area contributed by atoms with Crippen LogP contribution in [0.1, 0.15) is 39.5 Å². The quantitative estimate of drug-likeness (QED) is 0.806. The lowest BCUT2D eigenvalue weighted by molar-refractivity contribution is -0.161. The second-order valence-electron chi connectivity index (χ2n) is 5.45. The van der Waals surface area contributed by atoms with Crippen molar-refractivity contribution < 1.29 is 14.3 Å². The third kappa shape index (κ3) is 1.90. The summed E-state index contributed by atoms with van der Waals surface area (Å²) in [5, 5.41) is 2.82. The third-order valence-corrected chi connectivity index (χ3v) is 4.12. The van der Waals surface area contributed by atoms with Crippen molar-refractivity contribution in [1.29, 1.82) is 0 Å². The van der Waals surface area contributed by atoms with Gasteiger partial charge in [-0.25, -0.2) is 0 Å². The SMILES string of the molecule is COCC(C)N1C(=O)C(C)NC(=O)C12CCCC2. The Kier molecular flexibility index (Phi) is 3.61. The number of ether oxygens (including phenoxy) is 1. The van der Waals surface area contributed by atoms with Crippen molar-refractivity contribution in [3.05, 3.63) is 0 Å². The van der Waals surface area contributed by atoms with Crippen LogP contribution >= 0.6 is 0 Å². The normalized spacial score (nSPS) is 28.6. The van der Waals surface area contributed by atoms with Gasteiger partial charge in [-0.15, -0.1) is 0 Å². The largest absolute Gasteiger partial charge is 0.383 e. The van der Waals surface area contributed by atoms with Gasteiger partial charge in [-0.3, -0.25) is 9.59 Å². The maximum atomic E-state index is 12.4. The van der Waals surface area contributed by atoms with Crippen LogP contribution in [0.15, 0.2) is 0 Å². The second-order valence-corrected chi connectivity index (χ2v) is 5.45. The molecule has 1 spiro atoms. The average Bonchev–Trinajstić information content (AvgIpc) is 2.78. The lowest BCUT2D eigenvalue weighted by atomic mass is 9.88. The molecule has 5 heteroatoms. The number of rotatable bonds is 3. The van der Waals surface area contributed by atoms with Crippen molar-refractivity contribution in [3.63, 3.8) is 0 Å². The first-order valence-corrected chi connectivity index (χ1v) is 6.66. The Morgan fingerprint density at radius 1 is 1.44 bits per heavy atom. The van der Waals surface area contributed by atoms with Crippen molar-refractivity contribution >= 4 is 11.8 Å². The first kappa shape index (κ1) is 13.3. The monoisotopic (exact) mass is 254 g/mol. The standard InChI is InChI=1S/C13H22N2O3/c1-9(8-18-3)15-11(16)10(2)14-12(17)13(15)6-4-5-7-13/h9-10H,4-8H2,1-3H3,(H,14,17). The minimum absolute atomic E-state index is 0.00931. The van der Waals surface area contributed by atoms with Crippen molar-refractivity contribution in [1.82, 2.24) is 10.2 Å². The van der Waals surface area contributed by atoms with E-state index in [9.17, 15) is 9.59 Å². The Labute approximate surface area is 108 Å². The number of carbonyl (C=O) groups excluding carboxylic acids is 2. The highest BCUT2D eigenvalue weighted by Gasteiger charge is 2.54. The number of piperazine rings is 1. The van der Waals surface area contributed by atoms with E-state index in [2.05, 4.69) is 5.32 Å². The van der Waals surface area contributed by atoms with E-state index in [0.29, 0.717) is 6.61 Å². The van der Waals surface area contributed by atoms with Gasteiger partial charge in [0.15, 0.2) is 0 Å². The van der Waals surface area contributed by atoms with E-state index < -0.39 is 11.6 Å². The molecule has 1 aliphatic carbocycles. The maximum absolute atomic E-state index is 12.4. The Balaban J connectivity index is 2.33. The molecule has 2 rings (SSSR count). The highest BCUT2D eigenvalue weighted by atomic mass is 16.5. The summed E-state index contributed by atoms with van der Waals surface area (Å²) < 4.78 is 5.15. The van der Waals surface area contributed by atoms with Gasteiger partial charge in [-0.2, -0.15) is 0 Å². The van der Waals surface area contributed by atoms with Crippen LogP contribution in [-0.4, -0.2) is 48.1 Å². The first-order chi connectivity index (χ1) is 8.53. The minimum Gasteiger partial charge on any atom is -0.383 e. The minimum atomic E-state index is -0.623. The zero-order valence-electron chi connectivity index (χ0n) is 11.4. The van der Waals surface area contributed by atoms with Crippen LogP contribution in [0.2, 0.25) is 0 Å². The molecule has 2 amide bonds. The molecular formula is C13H22N2O3. The topological polar surface area (TPSA) is 58.6 Å². The number of nitrogens with one attached hydrogen (secondary N) is 1. The highest BCUT2D eigenvalue weighted by Crippen LogP contribution is 2.39. The molecule has 18 heavy (non-hydrogen) atoms. The second kappa shape index (κ2) is 4.88. The van der Waals surface area contributed by atoms with Crippen molar-refractivity contribution in [2.45, 2.75) is 57.2 Å². The van der Waals surface area contributed by atoms with Gasteiger partial charge in [0.05, 0.1) is 12.6 Å². The number of methoxy groups -OCH3 is 1. The van der Waals surface area contributed by atoms with Gasteiger partial charge in [-0.05, 0) is 26.7 Å². The molecule has 102 valence electrons. The van der Waals surface area contributed by atoms with Gasteiger partial charge < -0.3 is 15.0 Å². The molecule has 2 atom stereocenters. The first-order valence-electron chi connectivity index (χ1n) is 6.66. The van der Waals surface area contributed by atoms with Gasteiger partial charge in [-0.1, -0.05) is 12.8 Å². The third-order valence-electron chi connectivity index (χ3n) is 4.12. The molecule has 2 unspecified atom stereocenters. The van der Waals surface area contributed by atoms with Crippen LogP contribution in [0, 0.1) is 0 Å². The fourth-order valence-electron chi connectivity index (χ4n) is 3.30. The average molecular weight is 254 g/mol. The molecule has 1 saturated heterocycles. The molecule has 0 aromatic rings. The van der Waals surface area contributed by atoms with Crippen LogP contribution in [0.3, 0.4) is 0 Å². The smallest absolute Gasteiger partial charge is 0.246 e. The molecule has 5 nitrogen and oxygen atoms in total. The summed E-state index contributed by atoms with van der Waals surface area (Å²) in [6, 6.07) is -0.489. The lowest BCUT2D eigenvalue weighted by Crippen LogP contribution is -2.71. The zero-order chi connectivity index (χ0) is 13.3. The number of hydrogen-bond donors (Lipinski definition) is 1. The summed E-state index contributed by atoms with van der Waals surface area (Å²) in [6.07, 6.45) is 3.55. The van der Waals surface area contributed by atoms with Gasteiger partial charge in [0.2, 0.25) is 11.8 Å². The molecule has 2 fully saturated rings. The van der Waals surface area contributed by atoms with Crippen LogP contribution in [0.25, 0.3) is 0 Å². The predicted molar refractivity (Wildman–Crippen MR) is 67.0 cm³/mol. The van der Waals surface area contributed by atoms with Gasteiger partial charge in [0.25, 0.3) is 0 Å². The molecule has 2 aliphatic rings. The molecular weight excluding hydrogens is 232 g/mol. The summed E-state index contributed by atoms with van der Waals surface area (Å²) in [6.45, 7) is 4.16. The fourth-order valence-corrected chi connectivity index (χ4v) is 3.30. The van der Waals surface area contributed by atoms with E-state index >= 15 is 0 Å². The van der Waals surface area contributed by atoms with Crippen LogP contribution in [-0.2, 0) is 14.3 Å². The molecule has 1 N–H and O–H groups in total. The summed E-state index contributed by atoms with van der Waals surface area (Å²) in [7, 11) is 1.62. The Morgan fingerprint density at radius 3 is 2.61 bits per heavy atom. The summed E-state index contributed by atoms with van der Waals surface area (Å²) in [5.74, 6) is 0.0242. The van der Waals surface area contributed by atoms with Gasteiger partial charge in [0, 0.05) is 7.11 Å². The van der Waals surface area contributed by atoms with E-state index in [1.807, 2.05) is 6.92 Å². The van der Waals surface area contributed by atoms with Crippen LogP contribution in [0.4, 0.5) is 0 Å². The Bertz CT molecular complexity index is 350. The van der Waals surface area contributed by atoms with Gasteiger partial charge in [0.1, 0.15) is 11.6 Å². The highest BCUT2D eigenvalue weighted by molar-refractivity contribution is 6.00. The molecule has 1 aliphatic heterocycles. The van der Waals surface area contributed by atoms with E-state index in [0.717, 1.165) is 25.7 Å². The summed E-state index contributed by atoms with van der Waals surface area (Å²) in [4.78, 5) is 26.5. The van der Waals surface area contributed by atoms with E-state index in [4.69, 9.17) is 4.74 Å². The van der Waals surface area contributed by atoms with Crippen LogP contribution in [0.5, 0.6) is 0 Å². The molecule has 0 radical (unpaired) electrons. The predicted octanol–water partition coefficient (Wildman–Crippen LogP) is 0.681. The molecule has 0 aromatic carbocycles. The summed E-state index contributed by atoms with van der Waals surface area (Å²) in [5.41, 5.74) is -0.623. The number of hydrogen-bond acceptors (Lipinski definition) is 3. The van der Waals surface area contributed by atoms with E-state index in [1.165, 1.54) is 0 Å². The molecule has 1 saturated carbocycles.